The molecule has 0 saturated carbocycles. The molecular formula is C14H20N2O2. The molecule has 1 atom stereocenters. The van der Waals surface area contributed by atoms with E-state index in [1.54, 1.807) is 7.11 Å². The average molecular weight is 248 g/mol. The molecule has 1 saturated heterocycles. The Morgan fingerprint density at radius 3 is 3.06 bits per heavy atom. The highest BCUT2D eigenvalue weighted by atomic mass is 16.5. The maximum atomic E-state index is 11.1. The Morgan fingerprint density at radius 2 is 2.33 bits per heavy atom. The van der Waals surface area contributed by atoms with Gasteiger partial charge in [-0.15, -0.1) is 0 Å². The summed E-state index contributed by atoms with van der Waals surface area (Å²) >= 11 is 0. The third-order valence-corrected chi connectivity index (χ3v) is 3.40. The minimum atomic E-state index is 0.0482. The van der Waals surface area contributed by atoms with Gasteiger partial charge >= 0.3 is 0 Å². The van der Waals surface area contributed by atoms with Crippen LogP contribution in [0.15, 0.2) is 12.1 Å². The number of hydrogen-bond acceptors (Lipinski definition) is 4. The number of aldehydes is 1. The van der Waals surface area contributed by atoms with Gasteiger partial charge in [-0.05, 0) is 26.3 Å². The van der Waals surface area contributed by atoms with E-state index in [1.807, 2.05) is 19.1 Å². The molecule has 2 rings (SSSR count). The van der Waals surface area contributed by atoms with E-state index in [-0.39, 0.29) is 6.04 Å². The third kappa shape index (κ3) is 3.07. The molecule has 1 fully saturated rings. The Balaban J connectivity index is 2.12. The third-order valence-electron chi connectivity index (χ3n) is 3.40. The predicted octanol–water partition coefficient (Wildman–Crippen LogP) is 1.95. The highest BCUT2D eigenvalue weighted by Gasteiger charge is 2.22. The van der Waals surface area contributed by atoms with E-state index in [0.717, 1.165) is 55.8 Å². The van der Waals surface area contributed by atoms with Crippen LogP contribution in [0, 0.1) is 6.92 Å². The molecule has 0 N–H and O–H groups in total. The molecule has 1 unspecified atom stereocenters. The number of carbonyl (C=O) groups excluding carboxylic acids is 1. The zero-order chi connectivity index (χ0) is 13.0. The minimum Gasteiger partial charge on any atom is -0.497 e. The number of aromatic nitrogens is 1. The van der Waals surface area contributed by atoms with Crippen molar-refractivity contribution in [3.8, 4) is 5.75 Å². The zero-order valence-electron chi connectivity index (χ0n) is 11.1. The normalized spacial score (nSPS) is 20.7. The van der Waals surface area contributed by atoms with E-state index in [2.05, 4.69) is 9.88 Å². The molecular weight excluding hydrogens is 228 g/mol. The quantitative estimate of drug-likeness (QED) is 0.764. The van der Waals surface area contributed by atoms with Gasteiger partial charge < -0.3 is 9.53 Å². The molecule has 0 bridgehead atoms. The fraction of sp³-hybridized carbons (Fsp3) is 0.571. The molecule has 2 heterocycles. The van der Waals surface area contributed by atoms with E-state index in [9.17, 15) is 4.79 Å². The predicted molar refractivity (Wildman–Crippen MR) is 69.6 cm³/mol. The number of ether oxygens (including phenoxy) is 1. The topological polar surface area (TPSA) is 42.4 Å². The Labute approximate surface area is 108 Å². The van der Waals surface area contributed by atoms with Gasteiger partial charge in [0.2, 0.25) is 0 Å². The average Bonchev–Trinajstić information content (AvgIpc) is 2.38. The second-order valence-electron chi connectivity index (χ2n) is 4.81. The lowest BCUT2D eigenvalue weighted by Crippen LogP contribution is -2.40. The van der Waals surface area contributed by atoms with Gasteiger partial charge in [-0.1, -0.05) is 6.42 Å². The van der Waals surface area contributed by atoms with E-state index >= 15 is 0 Å². The second-order valence-corrected chi connectivity index (χ2v) is 4.81. The summed E-state index contributed by atoms with van der Waals surface area (Å²) in [7, 11) is 1.66. The first-order valence-electron chi connectivity index (χ1n) is 6.44. The van der Waals surface area contributed by atoms with Crippen LogP contribution >= 0.6 is 0 Å². The van der Waals surface area contributed by atoms with Gasteiger partial charge in [0, 0.05) is 24.4 Å². The van der Waals surface area contributed by atoms with Crippen molar-refractivity contribution in [2.24, 2.45) is 0 Å². The first kappa shape index (κ1) is 13.0. The molecule has 0 spiro atoms. The van der Waals surface area contributed by atoms with Gasteiger partial charge in [0.05, 0.1) is 18.8 Å². The molecule has 4 nitrogen and oxygen atoms in total. The SMILES string of the molecule is COc1cc(C)nc(CN2CCCCC2C=O)c1. The first-order chi connectivity index (χ1) is 8.72. The van der Waals surface area contributed by atoms with Crippen molar-refractivity contribution in [1.82, 2.24) is 9.88 Å². The molecule has 4 heteroatoms. The van der Waals surface area contributed by atoms with E-state index < -0.39 is 0 Å². The highest BCUT2D eigenvalue weighted by Crippen LogP contribution is 2.20. The Bertz CT molecular complexity index is 420. The van der Waals surface area contributed by atoms with Crippen molar-refractivity contribution in [2.45, 2.75) is 38.8 Å². The van der Waals surface area contributed by atoms with Crippen molar-refractivity contribution in [1.29, 1.82) is 0 Å². The molecule has 1 aliphatic heterocycles. The fourth-order valence-electron chi connectivity index (χ4n) is 2.48. The van der Waals surface area contributed by atoms with Crippen LogP contribution in [-0.4, -0.2) is 35.9 Å². The number of nitrogens with zero attached hydrogens (tertiary/aromatic N) is 2. The monoisotopic (exact) mass is 248 g/mol. The largest absolute Gasteiger partial charge is 0.497 e. The fourth-order valence-corrected chi connectivity index (χ4v) is 2.48. The number of hydrogen-bond donors (Lipinski definition) is 0. The molecule has 0 aromatic carbocycles. The van der Waals surface area contributed by atoms with Crippen molar-refractivity contribution in [3.63, 3.8) is 0 Å². The number of pyridine rings is 1. The van der Waals surface area contributed by atoms with Crippen LogP contribution in [0.1, 0.15) is 30.7 Å². The Kier molecular flexibility index (Phi) is 4.31. The standard InChI is InChI=1S/C14H20N2O2/c1-11-7-14(18-2)8-12(15-11)9-16-6-4-3-5-13(16)10-17/h7-8,10,13H,3-6,9H2,1-2H3. The molecule has 0 radical (unpaired) electrons. The van der Waals surface area contributed by atoms with Crippen molar-refractivity contribution in [2.75, 3.05) is 13.7 Å². The van der Waals surface area contributed by atoms with Crippen molar-refractivity contribution >= 4 is 6.29 Å². The highest BCUT2D eigenvalue weighted by molar-refractivity contribution is 5.57. The summed E-state index contributed by atoms with van der Waals surface area (Å²) in [6.45, 7) is 3.65. The maximum absolute atomic E-state index is 11.1. The lowest BCUT2D eigenvalue weighted by atomic mass is 10.0. The minimum absolute atomic E-state index is 0.0482. The number of methoxy groups -OCH3 is 1. The van der Waals surface area contributed by atoms with Crippen LogP contribution < -0.4 is 4.74 Å². The molecule has 1 aromatic heterocycles. The lowest BCUT2D eigenvalue weighted by molar-refractivity contribution is -0.113. The van der Waals surface area contributed by atoms with Crippen LogP contribution in [0.3, 0.4) is 0 Å². The zero-order valence-corrected chi connectivity index (χ0v) is 11.1. The van der Waals surface area contributed by atoms with Gasteiger partial charge in [0.1, 0.15) is 12.0 Å². The Morgan fingerprint density at radius 1 is 1.50 bits per heavy atom. The van der Waals surface area contributed by atoms with Gasteiger partial charge in [0.15, 0.2) is 0 Å². The van der Waals surface area contributed by atoms with Crippen molar-refractivity contribution in [3.05, 3.63) is 23.5 Å². The van der Waals surface area contributed by atoms with Gasteiger partial charge in [-0.2, -0.15) is 0 Å². The van der Waals surface area contributed by atoms with Crippen molar-refractivity contribution < 1.29 is 9.53 Å². The number of piperidine rings is 1. The van der Waals surface area contributed by atoms with Gasteiger partial charge in [0.25, 0.3) is 0 Å². The van der Waals surface area contributed by atoms with Crippen LogP contribution in [-0.2, 0) is 11.3 Å². The molecule has 0 amide bonds. The van der Waals surface area contributed by atoms with Gasteiger partial charge in [-0.25, -0.2) is 0 Å². The van der Waals surface area contributed by atoms with Crippen LogP contribution in [0.2, 0.25) is 0 Å². The van der Waals surface area contributed by atoms with Crippen LogP contribution in [0.4, 0.5) is 0 Å². The summed E-state index contributed by atoms with van der Waals surface area (Å²) in [5.74, 6) is 0.831. The number of rotatable bonds is 4. The number of aryl methyl sites for hydroxylation is 1. The summed E-state index contributed by atoms with van der Waals surface area (Å²) in [5, 5.41) is 0. The van der Waals surface area contributed by atoms with E-state index in [4.69, 9.17) is 4.74 Å². The van der Waals surface area contributed by atoms with E-state index in [1.165, 1.54) is 0 Å². The maximum Gasteiger partial charge on any atom is 0.137 e. The van der Waals surface area contributed by atoms with Gasteiger partial charge in [-0.3, -0.25) is 9.88 Å². The second kappa shape index (κ2) is 5.96. The number of likely N-dealkylation sites (tertiary alicyclic amines) is 1. The van der Waals surface area contributed by atoms with Crippen LogP contribution in [0.25, 0.3) is 0 Å². The molecule has 1 aliphatic rings. The summed E-state index contributed by atoms with van der Waals surface area (Å²) < 4.78 is 5.25. The van der Waals surface area contributed by atoms with E-state index in [0.29, 0.717) is 0 Å². The number of carbonyl (C=O) groups is 1. The first-order valence-corrected chi connectivity index (χ1v) is 6.44. The smallest absolute Gasteiger partial charge is 0.137 e. The Hall–Kier alpha value is -1.42. The summed E-state index contributed by atoms with van der Waals surface area (Å²) in [5.41, 5.74) is 1.92. The summed E-state index contributed by atoms with van der Waals surface area (Å²) in [6, 6.07) is 3.91. The summed E-state index contributed by atoms with van der Waals surface area (Å²) in [6.07, 6.45) is 4.33. The lowest BCUT2D eigenvalue weighted by Gasteiger charge is -2.31. The molecule has 0 aliphatic carbocycles. The molecule has 18 heavy (non-hydrogen) atoms. The summed E-state index contributed by atoms with van der Waals surface area (Å²) in [4.78, 5) is 17.8. The van der Waals surface area contributed by atoms with Crippen LogP contribution in [0.5, 0.6) is 5.75 Å². The molecule has 98 valence electrons. The molecule has 1 aromatic rings.